The molecule has 0 aromatic heterocycles. The molecule has 0 aliphatic carbocycles. The third kappa shape index (κ3) is 2.42. The van der Waals surface area contributed by atoms with E-state index in [2.05, 4.69) is 5.32 Å². The topological polar surface area (TPSA) is 12.0 Å². The normalized spacial score (nSPS) is 10.4. The van der Waals surface area contributed by atoms with Crippen molar-refractivity contribution in [2.45, 2.75) is 6.92 Å². The molecule has 2 aromatic rings. The van der Waals surface area contributed by atoms with Gasteiger partial charge in [-0.3, -0.25) is 0 Å². The fourth-order valence-electron chi connectivity index (χ4n) is 1.68. The van der Waals surface area contributed by atoms with Gasteiger partial charge >= 0.3 is 0 Å². The molecule has 17 heavy (non-hydrogen) atoms. The summed E-state index contributed by atoms with van der Waals surface area (Å²) in [5.74, 6) is -0.234. The Hall–Kier alpha value is -1.54. The van der Waals surface area contributed by atoms with Gasteiger partial charge in [-0.25, -0.2) is 4.39 Å². The van der Waals surface area contributed by atoms with Crippen molar-refractivity contribution in [1.82, 2.24) is 0 Å². The van der Waals surface area contributed by atoms with Gasteiger partial charge in [0.1, 0.15) is 5.82 Å². The van der Waals surface area contributed by atoms with Crippen LogP contribution in [0.1, 0.15) is 5.56 Å². The zero-order chi connectivity index (χ0) is 12.4. The van der Waals surface area contributed by atoms with Crippen LogP contribution < -0.4 is 5.32 Å². The predicted molar refractivity (Wildman–Crippen MR) is 71.1 cm³/mol. The van der Waals surface area contributed by atoms with E-state index in [0.29, 0.717) is 10.6 Å². The van der Waals surface area contributed by atoms with Crippen LogP contribution in [0.3, 0.4) is 0 Å². The standard InChI is InChI=1S/C14H13ClFN/c1-9-7-13(15)12(8-14(9)16)10-3-5-11(17-2)6-4-10/h3-8,17H,1-2H3. The minimum atomic E-state index is -0.234. The van der Waals surface area contributed by atoms with Crippen molar-refractivity contribution in [1.29, 1.82) is 0 Å². The van der Waals surface area contributed by atoms with Crippen molar-refractivity contribution in [2.24, 2.45) is 0 Å². The van der Waals surface area contributed by atoms with Crippen molar-refractivity contribution in [3.8, 4) is 11.1 Å². The van der Waals surface area contributed by atoms with E-state index in [1.807, 2.05) is 31.3 Å². The SMILES string of the molecule is CNc1ccc(-c2cc(F)c(C)cc2Cl)cc1. The van der Waals surface area contributed by atoms with Gasteiger partial charge in [0.25, 0.3) is 0 Å². The molecule has 88 valence electrons. The van der Waals surface area contributed by atoms with Crippen molar-refractivity contribution >= 4 is 17.3 Å². The maximum absolute atomic E-state index is 13.5. The van der Waals surface area contributed by atoms with E-state index in [0.717, 1.165) is 16.8 Å². The van der Waals surface area contributed by atoms with Crippen LogP contribution in [0.25, 0.3) is 11.1 Å². The van der Waals surface area contributed by atoms with Gasteiger partial charge in [0.2, 0.25) is 0 Å². The molecule has 1 N–H and O–H groups in total. The highest BCUT2D eigenvalue weighted by Gasteiger charge is 2.07. The Morgan fingerprint density at radius 2 is 1.76 bits per heavy atom. The van der Waals surface area contributed by atoms with Crippen LogP contribution in [0.15, 0.2) is 36.4 Å². The molecule has 0 unspecified atom stereocenters. The molecule has 0 radical (unpaired) electrons. The molecule has 0 saturated heterocycles. The van der Waals surface area contributed by atoms with E-state index in [1.165, 1.54) is 6.07 Å². The summed E-state index contributed by atoms with van der Waals surface area (Å²) in [4.78, 5) is 0. The molecule has 0 bridgehead atoms. The number of halogens is 2. The summed E-state index contributed by atoms with van der Waals surface area (Å²) >= 11 is 6.13. The van der Waals surface area contributed by atoms with Gasteiger partial charge in [-0.2, -0.15) is 0 Å². The van der Waals surface area contributed by atoms with Crippen molar-refractivity contribution in [3.05, 3.63) is 52.8 Å². The van der Waals surface area contributed by atoms with Gasteiger partial charge in [0.15, 0.2) is 0 Å². The second-order valence-corrected chi connectivity index (χ2v) is 4.32. The Kier molecular flexibility index (Phi) is 3.34. The predicted octanol–water partition coefficient (Wildman–Crippen LogP) is 4.50. The average molecular weight is 250 g/mol. The summed E-state index contributed by atoms with van der Waals surface area (Å²) in [6.07, 6.45) is 0. The highest BCUT2D eigenvalue weighted by atomic mass is 35.5. The van der Waals surface area contributed by atoms with E-state index >= 15 is 0 Å². The number of hydrogen-bond donors (Lipinski definition) is 1. The number of aryl methyl sites for hydroxylation is 1. The second kappa shape index (κ2) is 4.76. The average Bonchev–Trinajstić information content (AvgIpc) is 2.34. The Bertz CT molecular complexity index is 535. The lowest BCUT2D eigenvalue weighted by molar-refractivity contribution is 0.619. The van der Waals surface area contributed by atoms with Crippen molar-refractivity contribution < 1.29 is 4.39 Å². The summed E-state index contributed by atoms with van der Waals surface area (Å²) < 4.78 is 13.5. The maximum Gasteiger partial charge on any atom is 0.126 e. The van der Waals surface area contributed by atoms with Crippen LogP contribution in [0.4, 0.5) is 10.1 Å². The maximum atomic E-state index is 13.5. The van der Waals surface area contributed by atoms with Crippen LogP contribution in [0.2, 0.25) is 5.02 Å². The third-order valence-corrected chi connectivity index (χ3v) is 3.05. The molecular weight excluding hydrogens is 237 g/mol. The van der Waals surface area contributed by atoms with Crippen molar-refractivity contribution in [2.75, 3.05) is 12.4 Å². The summed E-state index contributed by atoms with van der Waals surface area (Å²) in [5.41, 5.74) is 3.20. The highest BCUT2D eigenvalue weighted by Crippen LogP contribution is 2.30. The molecule has 2 aromatic carbocycles. The first-order valence-electron chi connectivity index (χ1n) is 5.35. The lowest BCUT2D eigenvalue weighted by atomic mass is 10.0. The Morgan fingerprint density at radius 1 is 1.12 bits per heavy atom. The van der Waals surface area contributed by atoms with Crippen LogP contribution in [-0.4, -0.2) is 7.05 Å². The number of benzene rings is 2. The van der Waals surface area contributed by atoms with Gasteiger partial charge in [-0.05, 0) is 42.3 Å². The molecule has 0 aliphatic rings. The molecule has 1 nitrogen and oxygen atoms in total. The largest absolute Gasteiger partial charge is 0.388 e. The Morgan fingerprint density at radius 3 is 2.35 bits per heavy atom. The summed E-state index contributed by atoms with van der Waals surface area (Å²) in [6, 6.07) is 10.8. The lowest BCUT2D eigenvalue weighted by Crippen LogP contribution is -1.89. The highest BCUT2D eigenvalue weighted by molar-refractivity contribution is 6.33. The Balaban J connectivity index is 2.48. The third-order valence-electron chi connectivity index (χ3n) is 2.73. The molecule has 0 atom stereocenters. The minimum absolute atomic E-state index is 0.234. The fourth-order valence-corrected chi connectivity index (χ4v) is 2.01. The van der Waals surface area contributed by atoms with Crippen LogP contribution in [-0.2, 0) is 0 Å². The molecule has 0 heterocycles. The van der Waals surface area contributed by atoms with Crippen LogP contribution >= 0.6 is 11.6 Å². The van der Waals surface area contributed by atoms with E-state index in [9.17, 15) is 4.39 Å². The monoisotopic (exact) mass is 249 g/mol. The minimum Gasteiger partial charge on any atom is -0.388 e. The van der Waals surface area contributed by atoms with Gasteiger partial charge in [-0.1, -0.05) is 23.7 Å². The van der Waals surface area contributed by atoms with E-state index in [4.69, 9.17) is 11.6 Å². The molecule has 0 saturated carbocycles. The number of rotatable bonds is 2. The summed E-state index contributed by atoms with van der Waals surface area (Å²) in [5, 5.41) is 3.60. The smallest absolute Gasteiger partial charge is 0.126 e. The first kappa shape index (κ1) is 11.9. The first-order valence-corrected chi connectivity index (χ1v) is 5.73. The fraction of sp³-hybridized carbons (Fsp3) is 0.143. The van der Waals surface area contributed by atoms with Crippen LogP contribution in [0, 0.1) is 12.7 Å². The molecular formula is C14H13ClFN. The van der Waals surface area contributed by atoms with Crippen LogP contribution in [0.5, 0.6) is 0 Å². The first-order chi connectivity index (χ1) is 8.11. The van der Waals surface area contributed by atoms with E-state index in [1.54, 1.807) is 13.0 Å². The number of hydrogen-bond acceptors (Lipinski definition) is 1. The van der Waals surface area contributed by atoms with Gasteiger partial charge < -0.3 is 5.32 Å². The molecule has 0 fully saturated rings. The molecule has 0 amide bonds. The van der Waals surface area contributed by atoms with E-state index < -0.39 is 0 Å². The quantitative estimate of drug-likeness (QED) is 0.827. The number of anilines is 1. The van der Waals surface area contributed by atoms with Gasteiger partial charge in [-0.15, -0.1) is 0 Å². The Labute approximate surface area is 105 Å². The van der Waals surface area contributed by atoms with Crippen molar-refractivity contribution in [3.63, 3.8) is 0 Å². The zero-order valence-corrected chi connectivity index (χ0v) is 10.5. The summed E-state index contributed by atoms with van der Waals surface area (Å²) in [6.45, 7) is 1.70. The van der Waals surface area contributed by atoms with E-state index in [-0.39, 0.29) is 5.82 Å². The number of nitrogens with one attached hydrogen (secondary N) is 1. The zero-order valence-electron chi connectivity index (χ0n) is 9.72. The van der Waals surface area contributed by atoms with Gasteiger partial charge in [0, 0.05) is 23.3 Å². The summed E-state index contributed by atoms with van der Waals surface area (Å²) in [7, 11) is 1.85. The molecule has 0 spiro atoms. The lowest BCUT2D eigenvalue weighted by Gasteiger charge is -2.08. The van der Waals surface area contributed by atoms with Gasteiger partial charge in [0.05, 0.1) is 0 Å². The molecule has 2 rings (SSSR count). The second-order valence-electron chi connectivity index (χ2n) is 3.91. The molecule has 0 aliphatic heterocycles. The molecule has 3 heteroatoms.